The van der Waals surface area contributed by atoms with Crippen LogP contribution in [-0.4, -0.2) is 0 Å². The van der Waals surface area contributed by atoms with Gasteiger partial charge in [0.2, 0.25) is 3.79 Å². The normalized spacial score (nSPS) is 11.8. The Hall–Kier alpha value is 0.600. The van der Waals surface area contributed by atoms with Crippen molar-refractivity contribution in [2.75, 3.05) is 0 Å². The number of hydrogen-bond acceptors (Lipinski definition) is 0. The molecule has 0 amide bonds. The third-order valence-corrected chi connectivity index (χ3v) is 2.61. The second kappa shape index (κ2) is 4.00. The predicted molar refractivity (Wildman–Crippen MR) is 55.7 cm³/mol. The maximum absolute atomic E-state index is 13.1. The molecular weight excluding hydrogens is 280 g/mol. The summed E-state index contributed by atoms with van der Waals surface area (Å²) in [6, 6.07) is 2.64. The molecular formula is C7H2Cl5F. The van der Waals surface area contributed by atoms with Crippen molar-refractivity contribution >= 4 is 58.0 Å². The lowest BCUT2D eigenvalue weighted by molar-refractivity contribution is 0.627. The number of alkyl halides is 3. The summed E-state index contributed by atoms with van der Waals surface area (Å²) in [6.07, 6.45) is 0. The lowest BCUT2D eigenvalue weighted by Crippen LogP contribution is -2.02. The van der Waals surface area contributed by atoms with Crippen molar-refractivity contribution in [2.24, 2.45) is 0 Å². The van der Waals surface area contributed by atoms with Crippen molar-refractivity contribution in [3.05, 3.63) is 33.6 Å². The van der Waals surface area contributed by atoms with Gasteiger partial charge in [0.15, 0.2) is 5.82 Å². The molecule has 0 atom stereocenters. The number of halogens is 6. The van der Waals surface area contributed by atoms with Gasteiger partial charge in [0.25, 0.3) is 0 Å². The second-order valence-electron chi connectivity index (χ2n) is 2.22. The van der Waals surface area contributed by atoms with Crippen LogP contribution < -0.4 is 0 Å². The quantitative estimate of drug-likeness (QED) is 0.466. The largest absolute Gasteiger partial charge is 0.217 e. The van der Waals surface area contributed by atoms with E-state index in [1.165, 1.54) is 12.1 Å². The molecule has 72 valence electrons. The first-order valence-electron chi connectivity index (χ1n) is 3.04. The lowest BCUT2D eigenvalue weighted by atomic mass is 10.2. The first-order chi connectivity index (χ1) is 5.84. The summed E-state index contributed by atoms with van der Waals surface area (Å²) in [7, 11) is 0. The third-order valence-electron chi connectivity index (χ3n) is 1.34. The van der Waals surface area contributed by atoms with Gasteiger partial charge in [-0.1, -0.05) is 64.1 Å². The maximum atomic E-state index is 13.1. The SMILES string of the molecule is Fc1c(Cl)ccc(C(Cl)(Cl)Cl)c1Cl. The van der Waals surface area contributed by atoms with E-state index in [0.29, 0.717) is 0 Å². The molecule has 0 radical (unpaired) electrons. The van der Waals surface area contributed by atoms with Crippen LogP contribution in [-0.2, 0) is 3.79 Å². The molecule has 0 bridgehead atoms. The van der Waals surface area contributed by atoms with Crippen LogP contribution in [0.25, 0.3) is 0 Å². The van der Waals surface area contributed by atoms with Crippen LogP contribution in [0.2, 0.25) is 10.0 Å². The van der Waals surface area contributed by atoms with Gasteiger partial charge in [0.1, 0.15) is 0 Å². The highest BCUT2D eigenvalue weighted by molar-refractivity contribution is 6.67. The number of rotatable bonds is 0. The fourth-order valence-corrected chi connectivity index (χ4v) is 1.87. The smallest absolute Gasteiger partial charge is 0.204 e. The molecule has 0 aliphatic heterocycles. The van der Waals surface area contributed by atoms with E-state index in [2.05, 4.69) is 0 Å². The minimum atomic E-state index is -1.75. The van der Waals surface area contributed by atoms with Gasteiger partial charge >= 0.3 is 0 Å². The van der Waals surface area contributed by atoms with E-state index >= 15 is 0 Å². The van der Waals surface area contributed by atoms with Crippen LogP contribution in [0.1, 0.15) is 5.56 Å². The summed E-state index contributed by atoms with van der Waals surface area (Å²) >= 11 is 27.6. The molecule has 0 nitrogen and oxygen atoms in total. The maximum Gasteiger partial charge on any atom is 0.217 e. The Kier molecular flexibility index (Phi) is 3.59. The predicted octanol–water partition coefficient (Wildman–Crippen LogP) is 4.96. The van der Waals surface area contributed by atoms with Gasteiger partial charge in [-0.15, -0.1) is 0 Å². The average Bonchev–Trinajstić information content (AvgIpc) is 1.98. The van der Waals surface area contributed by atoms with Crippen molar-refractivity contribution in [3.8, 4) is 0 Å². The van der Waals surface area contributed by atoms with Crippen LogP contribution in [0.4, 0.5) is 4.39 Å². The minimum absolute atomic E-state index is 0.0704. The molecule has 0 saturated carbocycles. The Morgan fingerprint density at radius 3 is 2.08 bits per heavy atom. The summed E-state index contributed by atoms with van der Waals surface area (Å²) in [5, 5.41) is -0.379. The summed E-state index contributed by atoms with van der Waals surface area (Å²) in [4.78, 5) is 0. The van der Waals surface area contributed by atoms with E-state index in [9.17, 15) is 4.39 Å². The summed E-state index contributed by atoms with van der Waals surface area (Å²) < 4.78 is 11.3. The Bertz CT molecular complexity index is 330. The molecule has 0 saturated heterocycles. The van der Waals surface area contributed by atoms with Gasteiger partial charge in [-0.3, -0.25) is 0 Å². The molecule has 1 rings (SSSR count). The van der Waals surface area contributed by atoms with E-state index in [1.54, 1.807) is 0 Å². The zero-order valence-electron chi connectivity index (χ0n) is 5.92. The summed E-state index contributed by atoms with van der Waals surface area (Å²) in [6.45, 7) is 0. The Morgan fingerprint density at radius 1 is 1.08 bits per heavy atom. The molecule has 0 fully saturated rings. The Morgan fingerprint density at radius 2 is 1.62 bits per heavy atom. The molecule has 1 aromatic carbocycles. The lowest BCUT2D eigenvalue weighted by Gasteiger charge is -2.13. The van der Waals surface area contributed by atoms with Crippen LogP contribution in [0.15, 0.2) is 12.1 Å². The average molecular weight is 282 g/mol. The highest BCUT2D eigenvalue weighted by Gasteiger charge is 2.27. The van der Waals surface area contributed by atoms with Crippen molar-refractivity contribution in [1.82, 2.24) is 0 Å². The number of benzene rings is 1. The fraction of sp³-hybridized carbons (Fsp3) is 0.143. The summed E-state index contributed by atoms with van der Waals surface area (Å²) in [5.41, 5.74) is 0.0704. The van der Waals surface area contributed by atoms with Crippen molar-refractivity contribution in [3.63, 3.8) is 0 Å². The molecule has 0 aromatic heterocycles. The topological polar surface area (TPSA) is 0 Å². The molecule has 6 heteroatoms. The van der Waals surface area contributed by atoms with Crippen LogP contribution >= 0.6 is 58.0 Å². The van der Waals surface area contributed by atoms with E-state index < -0.39 is 9.61 Å². The minimum Gasteiger partial charge on any atom is -0.204 e. The van der Waals surface area contributed by atoms with E-state index in [-0.39, 0.29) is 15.6 Å². The van der Waals surface area contributed by atoms with Gasteiger partial charge in [-0.2, -0.15) is 0 Å². The van der Waals surface area contributed by atoms with Gasteiger partial charge in [0, 0.05) is 5.56 Å². The highest BCUT2D eigenvalue weighted by atomic mass is 35.6. The third kappa shape index (κ3) is 2.54. The Labute approximate surface area is 99.5 Å². The van der Waals surface area contributed by atoms with Gasteiger partial charge in [-0.25, -0.2) is 4.39 Å². The van der Waals surface area contributed by atoms with Crippen LogP contribution in [0.5, 0.6) is 0 Å². The summed E-state index contributed by atoms with van der Waals surface area (Å²) in [5.74, 6) is -0.785. The standard InChI is InChI=1S/C7H2Cl5F/c8-4-2-1-3(7(10,11)12)5(9)6(4)13/h1-2H. The molecule has 0 unspecified atom stereocenters. The first-order valence-corrected chi connectivity index (χ1v) is 4.93. The number of hydrogen-bond donors (Lipinski definition) is 0. The molecule has 13 heavy (non-hydrogen) atoms. The first kappa shape index (κ1) is 11.7. The molecule has 0 N–H and O–H groups in total. The van der Waals surface area contributed by atoms with E-state index in [1.807, 2.05) is 0 Å². The van der Waals surface area contributed by atoms with Gasteiger partial charge in [-0.05, 0) is 6.07 Å². The van der Waals surface area contributed by atoms with Gasteiger partial charge in [0.05, 0.1) is 10.0 Å². The highest BCUT2D eigenvalue weighted by Crippen LogP contribution is 2.43. The molecule has 0 aliphatic rings. The zero-order chi connectivity index (χ0) is 10.2. The van der Waals surface area contributed by atoms with Crippen molar-refractivity contribution in [2.45, 2.75) is 3.79 Å². The van der Waals surface area contributed by atoms with E-state index in [0.717, 1.165) is 0 Å². The van der Waals surface area contributed by atoms with Crippen molar-refractivity contribution < 1.29 is 4.39 Å². The van der Waals surface area contributed by atoms with E-state index in [4.69, 9.17) is 58.0 Å². The van der Waals surface area contributed by atoms with Crippen molar-refractivity contribution in [1.29, 1.82) is 0 Å². The fourth-order valence-electron chi connectivity index (χ4n) is 0.745. The molecule has 0 heterocycles. The van der Waals surface area contributed by atoms with Crippen LogP contribution in [0.3, 0.4) is 0 Å². The van der Waals surface area contributed by atoms with Crippen LogP contribution in [0, 0.1) is 5.82 Å². The Balaban J connectivity index is 3.35. The van der Waals surface area contributed by atoms with Gasteiger partial charge < -0.3 is 0 Å². The molecule has 0 spiro atoms. The molecule has 1 aromatic rings. The molecule has 0 aliphatic carbocycles. The zero-order valence-corrected chi connectivity index (χ0v) is 9.70. The second-order valence-corrected chi connectivity index (χ2v) is 5.29. The monoisotopic (exact) mass is 280 g/mol.